The van der Waals surface area contributed by atoms with Gasteiger partial charge in [0.2, 0.25) is 0 Å². The van der Waals surface area contributed by atoms with Gasteiger partial charge in [0, 0.05) is 25.0 Å². The highest BCUT2D eigenvalue weighted by atomic mass is 16.5. The third kappa shape index (κ3) is 3.94. The van der Waals surface area contributed by atoms with E-state index in [1.165, 1.54) is 7.11 Å². The van der Waals surface area contributed by atoms with E-state index in [2.05, 4.69) is 15.0 Å². The number of methoxy groups -OCH3 is 1. The third-order valence-corrected chi connectivity index (χ3v) is 2.97. The van der Waals surface area contributed by atoms with Crippen molar-refractivity contribution in [3.8, 4) is 0 Å². The van der Waals surface area contributed by atoms with Crippen molar-refractivity contribution in [3.63, 3.8) is 0 Å². The number of hydrogen-bond donors (Lipinski definition) is 1. The van der Waals surface area contributed by atoms with E-state index in [9.17, 15) is 9.59 Å². The van der Waals surface area contributed by atoms with E-state index in [1.807, 2.05) is 13.8 Å². The second-order valence-corrected chi connectivity index (χ2v) is 4.30. The minimum Gasteiger partial charge on any atom is -0.467 e. The molecule has 6 heteroatoms. The molecule has 6 nitrogen and oxygen atoms in total. The number of carbonyl (C=O) groups is 2. The molecule has 1 rings (SSSR count). The first-order valence-corrected chi connectivity index (χ1v) is 6.63. The number of ether oxygens (including phenoxy) is 1. The molecule has 0 saturated heterocycles. The zero-order valence-corrected chi connectivity index (χ0v) is 12.3. The minimum atomic E-state index is -0.487. The number of aromatic nitrogens is 1. The summed E-state index contributed by atoms with van der Waals surface area (Å²) in [6.07, 6.45) is 1.54. The van der Waals surface area contributed by atoms with Crippen molar-refractivity contribution < 1.29 is 14.3 Å². The van der Waals surface area contributed by atoms with Gasteiger partial charge in [-0.2, -0.15) is 0 Å². The third-order valence-electron chi connectivity index (χ3n) is 2.97. The lowest BCUT2D eigenvalue weighted by molar-refractivity contribution is -0.141. The van der Waals surface area contributed by atoms with Crippen LogP contribution in [-0.4, -0.2) is 48.0 Å². The quantitative estimate of drug-likeness (QED) is 0.800. The largest absolute Gasteiger partial charge is 0.467 e. The van der Waals surface area contributed by atoms with Crippen LogP contribution in [0.5, 0.6) is 0 Å². The lowest BCUT2D eigenvalue weighted by Crippen LogP contribution is -2.31. The SMILES string of the molecule is CCN(CC)C(=O)c1cc(NC(C)C(=O)OC)ccn1. The first kappa shape index (κ1) is 15.9. The van der Waals surface area contributed by atoms with Gasteiger partial charge in [-0.15, -0.1) is 0 Å². The Kier molecular flexibility index (Phi) is 5.96. The summed E-state index contributed by atoms with van der Waals surface area (Å²) in [6, 6.07) is 2.86. The van der Waals surface area contributed by atoms with Gasteiger partial charge in [-0.25, -0.2) is 4.79 Å². The lowest BCUT2D eigenvalue weighted by Gasteiger charge is -2.18. The van der Waals surface area contributed by atoms with Crippen LogP contribution in [0.15, 0.2) is 18.3 Å². The Hall–Kier alpha value is -2.11. The number of rotatable bonds is 6. The molecule has 1 aromatic heterocycles. The van der Waals surface area contributed by atoms with E-state index >= 15 is 0 Å². The normalized spacial score (nSPS) is 11.6. The number of anilines is 1. The van der Waals surface area contributed by atoms with Crippen molar-refractivity contribution in [2.24, 2.45) is 0 Å². The number of nitrogens with one attached hydrogen (secondary N) is 1. The van der Waals surface area contributed by atoms with Crippen LogP contribution < -0.4 is 5.32 Å². The number of hydrogen-bond acceptors (Lipinski definition) is 5. The predicted octanol–water partition coefficient (Wildman–Crippen LogP) is 1.54. The highest BCUT2D eigenvalue weighted by Crippen LogP contribution is 2.12. The second kappa shape index (κ2) is 7.47. The number of nitrogens with zero attached hydrogens (tertiary/aromatic N) is 2. The molecule has 0 aliphatic rings. The zero-order chi connectivity index (χ0) is 15.1. The van der Waals surface area contributed by atoms with E-state index in [1.54, 1.807) is 30.2 Å². The Balaban J connectivity index is 2.85. The Morgan fingerprint density at radius 2 is 2.05 bits per heavy atom. The van der Waals surface area contributed by atoms with E-state index in [4.69, 9.17) is 0 Å². The summed E-state index contributed by atoms with van der Waals surface area (Å²) in [4.78, 5) is 29.3. The molecular formula is C14H21N3O3. The number of amides is 1. The van der Waals surface area contributed by atoms with Crippen molar-refractivity contribution in [2.45, 2.75) is 26.8 Å². The van der Waals surface area contributed by atoms with Crippen molar-refractivity contribution in [3.05, 3.63) is 24.0 Å². The highest BCUT2D eigenvalue weighted by molar-refractivity contribution is 5.93. The molecule has 110 valence electrons. The maximum Gasteiger partial charge on any atom is 0.327 e. The van der Waals surface area contributed by atoms with Gasteiger partial charge in [0.05, 0.1) is 7.11 Å². The van der Waals surface area contributed by atoms with Crippen LogP contribution in [0.3, 0.4) is 0 Å². The summed E-state index contributed by atoms with van der Waals surface area (Å²) >= 11 is 0. The Morgan fingerprint density at radius 1 is 1.40 bits per heavy atom. The van der Waals surface area contributed by atoms with Gasteiger partial charge in [-0.1, -0.05) is 0 Å². The summed E-state index contributed by atoms with van der Waals surface area (Å²) in [5, 5.41) is 2.98. The molecule has 0 saturated carbocycles. The van der Waals surface area contributed by atoms with Crippen LogP contribution in [-0.2, 0) is 9.53 Å². The van der Waals surface area contributed by atoms with Crippen LogP contribution in [0, 0.1) is 0 Å². The average molecular weight is 279 g/mol. The molecule has 0 aromatic carbocycles. The van der Waals surface area contributed by atoms with Gasteiger partial charge in [-0.3, -0.25) is 9.78 Å². The molecule has 0 bridgehead atoms. The molecule has 1 atom stereocenters. The molecule has 0 aliphatic heterocycles. The van der Waals surface area contributed by atoms with Crippen molar-refractivity contribution >= 4 is 17.6 Å². The molecule has 0 fully saturated rings. The van der Waals surface area contributed by atoms with Gasteiger partial charge in [0.15, 0.2) is 0 Å². The summed E-state index contributed by atoms with van der Waals surface area (Å²) in [5.74, 6) is -0.484. The molecule has 20 heavy (non-hydrogen) atoms. The fourth-order valence-electron chi connectivity index (χ4n) is 1.80. The molecule has 1 heterocycles. The van der Waals surface area contributed by atoms with E-state index in [0.717, 1.165) is 0 Å². The van der Waals surface area contributed by atoms with Crippen LogP contribution in [0.2, 0.25) is 0 Å². The Bertz CT molecular complexity index is 472. The molecule has 0 radical (unpaired) electrons. The maximum atomic E-state index is 12.2. The second-order valence-electron chi connectivity index (χ2n) is 4.30. The highest BCUT2D eigenvalue weighted by Gasteiger charge is 2.16. The molecule has 1 unspecified atom stereocenters. The molecule has 1 N–H and O–H groups in total. The van der Waals surface area contributed by atoms with Gasteiger partial charge < -0.3 is 15.0 Å². The van der Waals surface area contributed by atoms with Crippen molar-refractivity contribution in [2.75, 3.05) is 25.5 Å². The monoisotopic (exact) mass is 279 g/mol. The van der Waals surface area contributed by atoms with E-state index < -0.39 is 6.04 Å². The summed E-state index contributed by atoms with van der Waals surface area (Å²) in [5.41, 5.74) is 1.02. The molecule has 0 aliphatic carbocycles. The Labute approximate surface area is 119 Å². The smallest absolute Gasteiger partial charge is 0.327 e. The van der Waals surface area contributed by atoms with Crippen LogP contribution in [0.25, 0.3) is 0 Å². The van der Waals surface area contributed by atoms with Gasteiger partial charge in [0.25, 0.3) is 5.91 Å². The average Bonchev–Trinajstić information content (AvgIpc) is 2.47. The predicted molar refractivity (Wildman–Crippen MR) is 76.6 cm³/mol. The van der Waals surface area contributed by atoms with Crippen LogP contribution in [0.1, 0.15) is 31.3 Å². The summed E-state index contributed by atoms with van der Waals surface area (Å²) < 4.78 is 4.64. The summed E-state index contributed by atoms with van der Waals surface area (Å²) in [6.45, 7) is 6.80. The van der Waals surface area contributed by atoms with Crippen molar-refractivity contribution in [1.29, 1.82) is 0 Å². The first-order chi connectivity index (χ1) is 9.53. The van der Waals surface area contributed by atoms with Gasteiger partial charge in [0.1, 0.15) is 11.7 Å². The number of carbonyl (C=O) groups excluding carboxylic acids is 2. The molecular weight excluding hydrogens is 258 g/mol. The number of esters is 1. The Morgan fingerprint density at radius 3 is 2.60 bits per heavy atom. The van der Waals surface area contributed by atoms with Crippen molar-refractivity contribution in [1.82, 2.24) is 9.88 Å². The van der Waals surface area contributed by atoms with Gasteiger partial charge in [-0.05, 0) is 32.9 Å². The molecule has 1 aromatic rings. The zero-order valence-electron chi connectivity index (χ0n) is 12.3. The fraction of sp³-hybridized carbons (Fsp3) is 0.500. The number of pyridine rings is 1. The van der Waals surface area contributed by atoms with E-state index in [-0.39, 0.29) is 11.9 Å². The van der Waals surface area contributed by atoms with Gasteiger partial charge >= 0.3 is 5.97 Å². The van der Waals surface area contributed by atoms with E-state index in [0.29, 0.717) is 24.5 Å². The topological polar surface area (TPSA) is 71.5 Å². The maximum absolute atomic E-state index is 12.2. The lowest BCUT2D eigenvalue weighted by atomic mass is 10.2. The van der Waals surface area contributed by atoms with Crippen LogP contribution >= 0.6 is 0 Å². The first-order valence-electron chi connectivity index (χ1n) is 6.63. The minimum absolute atomic E-state index is 0.121. The molecule has 1 amide bonds. The summed E-state index contributed by atoms with van der Waals surface area (Å²) in [7, 11) is 1.34. The fourth-order valence-corrected chi connectivity index (χ4v) is 1.80. The van der Waals surface area contributed by atoms with Crippen LogP contribution in [0.4, 0.5) is 5.69 Å². The molecule has 0 spiro atoms. The standard InChI is InChI=1S/C14H21N3O3/c1-5-17(6-2)13(18)12-9-11(7-8-15-12)16-10(3)14(19)20-4/h7-10H,5-6H2,1-4H3,(H,15,16).